The molecule has 0 bridgehead atoms. The highest BCUT2D eigenvalue weighted by atomic mass is 35.5. The topological polar surface area (TPSA) is 29.5 Å². The Hall–Kier alpha value is -1.22. The zero-order valence-corrected chi connectivity index (χ0v) is 13.4. The molecule has 0 radical (unpaired) electrons. The largest absolute Gasteiger partial charge is 0.491 e. The second-order valence-electron chi connectivity index (χ2n) is 4.59. The van der Waals surface area contributed by atoms with Crippen LogP contribution in [0.25, 0.3) is 0 Å². The Bertz CT molecular complexity index is 434. The molecule has 0 atom stereocenters. The molecule has 20 heavy (non-hydrogen) atoms. The molecule has 0 saturated heterocycles. The third kappa shape index (κ3) is 4.14. The fourth-order valence-electron chi connectivity index (χ4n) is 2.13. The van der Waals surface area contributed by atoms with Gasteiger partial charge in [-0.05, 0) is 31.4 Å². The highest BCUT2D eigenvalue weighted by molar-refractivity contribution is 6.29. The third-order valence-electron chi connectivity index (χ3n) is 3.22. The molecule has 0 aliphatic heterocycles. The Morgan fingerprint density at radius 1 is 1.30 bits per heavy atom. The maximum absolute atomic E-state index is 12.0. The van der Waals surface area contributed by atoms with Crippen LogP contribution < -0.4 is 9.64 Å². The van der Waals surface area contributed by atoms with Gasteiger partial charge in [0.1, 0.15) is 11.6 Å². The fourth-order valence-corrected chi connectivity index (χ4v) is 2.28. The highest BCUT2D eigenvalue weighted by Gasteiger charge is 2.20. The molecule has 0 fully saturated rings. The van der Waals surface area contributed by atoms with Crippen LogP contribution in [-0.2, 0) is 11.2 Å². The SMILES string of the molecule is CCCCOc1cccc(CC)c1N(CC)C(=O)CCl. The Kier molecular flexibility index (Phi) is 7.45. The van der Waals surface area contributed by atoms with E-state index in [1.54, 1.807) is 4.90 Å². The van der Waals surface area contributed by atoms with Crippen molar-refractivity contribution >= 4 is 23.2 Å². The van der Waals surface area contributed by atoms with Crippen molar-refractivity contribution in [3.05, 3.63) is 23.8 Å². The lowest BCUT2D eigenvalue weighted by molar-refractivity contribution is -0.116. The van der Waals surface area contributed by atoms with Crippen molar-refractivity contribution in [2.45, 2.75) is 40.0 Å². The van der Waals surface area contributed by atoms with Gasteiger partial charge < -0.3 is 9.64 Å². The molecule has 0 aliphatic rings. The van der Waals surface area contributed by atoms with Gasteiger partial charge in [0, 0.05) is 6.54 Å². The van der Waals surface area contributed by atoms with Crippen LogP contribution in [0.4, 0.5) is 5.69 Å². The first-order chi connectivity index (χ1) is 9.69. The number of rotatable bonds is 8. The van der Waals surface area contributed by atoms with Crippen molar-refractivity contribution in [2.75, 3.05) is 23.9 Å². The van der Waals surface area contributed by atoms with E-state index in [0.29, 0.717) is 13.2 Å². The Labute approximate surface area is 126 Å². The normalized spacial score (nSPS) is 10.4. The average molecular weight is 298 g/mol. The van der Waals surface area contributed by atoms with Crippen LogP contribution >= 0.6 is 11.6 Å². The molecule has 3 nitrogen and oxygen atoms in total. The number of anilines is 1. The molecule has 4 heteroatoms. The van der Waals surface area contributed by atoms with Gasteiger partial charge in [0.05, 0.1) is 12.3 Å². The number of aryl methyl sites for hydroxylation is 1. The molecule has 0 heterocycles. The van der Waals surface area contributed by atoms with Gasteiger partial charge in [-0.25, -0.2) is 0 Å². The van der Waals surface area contributed by atoms with Crippen LogP contribution in [0.15, 0.2) is 18.2 Å². The second-order valence-corrected chi connectivity index (χ2v) is 4.86. The number of halogens is 1. The van der Waals surface area contributed by atoms with Gasteiger partial charge in [-0.1, -0.05) is 32.4 Å². The van der Waals surface area contributed by atoms with Crippen molar-refractivity contribution in [3.63, 3.8) is 0 Å². The predicted octanol–water partition coefficient (Wildman–Crippen LogP) is 4.02. The van der Waals surface area contributed by atoms with Gasteiger partial charge in [-0.3, -0.25) is 4.79 Å². The van der Waals surface area contributed by atoms with Crippen LogP contribution in [0.2, 0.25) is 0 Å². The molecule has 0 aromatic heterocycles. The van der Waals surface area contributed by atoms with E-state index in [-0.39, 0.29) is 11.8 Å². The summed E-state index contributed by atoms with van der Waals surface area (Å²) in [6, 6.07) is 5.93. The minimum absolute atomic E-state index is 0.0136. The minimum Gasteiger partial charge on any atom is -0.491 e. The second kappa shape index (κ2) is 8.85. The standard InChI is InChI=1S/C16H24ClNO2/c1-4-7-11-20-14-10-8-9-13(5-2)16(14)18(6-3)15(19)12-17/h8-10H,4-7,11-12H2,1-3H3. The highest BCUT2D eigenvalue weighted by Crippen LogP contribution is 2.33. The lowest BCUT2D eigenvalue weighted by atomic mass is 10.1. The summed E-state index contributed by atoms with van der Waals surface area (Å²) in [7, 11) is 0. The zero-order valence-electron chi connectivity index (χ0n) is 12.6. The summed E-state index contributed by atoms with van der Waals surface area (Å²) in [4.78, 5) is 13.7. The van der Waals surface area contributed by atoms with E-state index < -0.39 is 0 Å². The smallest absolute Gasteiger partial charge is 0.242 e. The number of ether oxygens (including phenoxy) is 1. The minimum atomic E-state index is -0.0876. The molecule has 1 aromatic rings. The van der Waals surface area contributed by atoms with Crippen molar-refractivity contribution in [2.24, 2.45) is 0 Å². The number of hydrogen-bond acceptors (Lipinski definition) is 2. The van der Waals surface area contributed by atoms with E-state index in [0.717, 1.165) is 36.3 Å². The van der Waals surface area contributed by atoms with Gasteiger partial charge >= 0.3 is 0 Å². The molecule has 0 aliphatic carbocycles. The van der Waals surface area contributed by atoms with Gasteiger partial charge in [0.15, 0.2) is 0 Å². The van der Waals surface area contributed by atoms with Crippen molar-refractivity contribution in [1.82, 2.24) is 0 Å². The van der Waals surface area contributed by atoms with Crippen LogP contribution in [0, 0.1) is 0 Å². The predicted molar refractivity (Wildman–Crippen MR) is 85.0 cm³/mol. The van der Waals surface area contributed by atoms with Gasteiger partial charge in [0.2, 0.25) is 5.91 Å². The van der Waals surface area contributed by atoms with Crippen LogP contribution in [0.3, 0.4) is 0 Å². The average Bonchev–Trinajstić information content (AvgIpc) is 2.48. The summed E-state index contributed by atoms with van der Waals surface area (Å²) < 4.78 is 5.86. The van der Waals surface area contributed by atoms with E-state index in [1.807, 2.05) is 25.1 Å². The summed E-state index contributed by atoms with van der Waals surface area (Å²) in [5, 5.41) is 0. The first kappa shape index (κ1) is 16.8. The van der Waals surface area contributed by atoms with Crippen LogP contribution in [-0.4, -0.2) is 24.9 Å². The molecule has 1 rings (SSSR count). The maximum Gasteiger partial charge on any atom is 0.242 e. The Balaban J connectivity index is 3.13. The molecule has 1 amide bonds. The quantitative estimate of drug-likeness (QED) is 0.536. The molecular weight excluding hydrogens is 274 g/mol. The third-order valence-corrected chi connectivity index (χ3v) is 3.45. The number of alkyl halides is 1. The van der Waals surface area contributed by atoms with Gasteiger partial charge in [0.25, 0.3) is 0 Å². The number of para-hydroxylation sites is 1. The molecule has 0 N–H and O–H groups in total. The molecule has 0 unspecified atom stereocenters. The Morgan fingerprint density at radius 2 is 2.05 bits per heavy atom. The zero-order chi connectivity index (χ0) is 15.0. The summed E-state index contributed by atoms with van der Waals surface area (Å²) in [5.41, 5.74) is 1.98. The number of hydrogen-bond donors (Lipinski definition) is 0. The molecule has 0 spiro atoms. The Morgan fingerprint density at radius 3 is 2.60 bits per heavy atom. The van der Waals surface area contributed by atoms with Crippen LogP contribution in [0.1, 0.15) is 39.2 Å². The van der Waals surface area contributed by atoms with E-state index in [2.05, 4.69) is 13.8 Å². The summed E-state index contributed by atoms with van der Waals surface area (Å²) in [6.07, 6.45) is 2.94. The number of unbranched alkanes of at least 4 members (excludes halogenated alkanes) is 1. The lowest BCUT2D eigenvalue weighted by Crippen LogP contribution is -2.32. The summed E-state index contributed by atoms with van der Waals surface area (Å²) >= 11 is 5.72. The van der Waals surface area contributed by atoms with E-state index in [1.165, 1.54) is 0 Å². The van der Waals surface area contributed by atoms with Gasteiger partial charge in [-0.2, -0.15) is 0 Å². The van der Waals surface area contributed by atoms with E-state index >= 15 is 0 Å². The number of benzene rings is 1. The summed E-state index contributed by atoms with van der Waals surface area (Å²) in [5.74, 6) is 0.675. The molecule has 0 saturated carbocycles. The number of nitrogens with zero attached hydrogens (tertiary/aromatic N) is 1. The first-order valence-corrected chi connectivity index (χ1v) is 7.83. The number of carbonyl (C=O) groups excluding carboxylic acids is 1. The van der Waals surface area contributed by atoms with Crippen molar-refractivity contribution < 1.29 is 9.53 Å². The summed E-state index contributed by atoms with van der Waals surface area (Å²) in [6.45, 7) is 7.42. The number of carbonyl (C=O) groups is 1. The van der Waals surface area contributed by atoms with Crippen molar-refractivity contribution in [1.29, 1.82) is 0 Å². The molecule has 112 valence electrons. The fraction of sp³-hybridized carbons (Fsp3) is 0.562. The van der Waals surface area contributed by atoms with Crippen molar-refractivity contribution in [3.8, 4) is 5.75 Å². The lowest BCUT2D eigenvalue weighted by Gasteiger charge is -2.25. The van der Waals surface area contributed by atoms with Crippen LogP contribution in [0.5, 0.6) is 5.75 Å². The van der Waals surface area contributed by atoms with Gasteiger partial charge in [-0.15, -0.1) is 11.6 Å². The van der Waals surface area contributed by atoms with E-state index in [9.17, 15) is 4.79 Å². The van der Waals surface area contributed by atoms with E-state index in [4.69, 9.17) is 16.3 Å². The monoisotopic (exact) mass is 297 g/mol. The number of amides is 1. The molecular formula is C16H24ClNO2. The maximum atomic E-state index is 12.0. The molecule has 1 aromatic carbocycles. The first-order valence-electron chi connectivity index (χ1n) is 7.30.